The molecule has 0 bridgehead atoms. The number of hydrogen-bond donors (Lipinski definition) is 0. The van der Waals surface area contributed by atoms with Gasteiger partial charge in [0.15, 0.2) is 0 Å². The molecule has 4 rings (SSSR count). The second-order valence-corrected chi connectivity index (χ2v) is 10.0. The van der Waals surface area contributed by atoms with Crippen LogP contribution in [-0.2, 0) is 14.8 Å². The Kier molecular flexibility index (Phi) is 5.63. The van der Waals surface area contributed by atoms with Gasteiger partial charge in [-0.15, -0.1) is 0 Å². The number of hydrogen-bond acceptors (Lipinski definition) is 4. The van der Waals surface area contributed by atoms with E-state index in [4.69, 9.17) is 27.9 Å². The number of benzene rings is 1. The van der Waals surface area contributed by atoms with Crippen molar-refractivity contribution in [2.75, 3.05) is 19.7 Å². The highest BCUT2D eigenvalue weighted by molar-refractivity contribution is 7.89. The molecule has 10 heteroatoms. The third-order valence-electron chi connectivity index (χ3n) is 5.58. The zero-order valence-corrected chi connectivity index (χ0v) is 17.6. The highest BCUT2D eigenvalue weighted by atomic mass is 35.5. The van der Waals surface area contributed by atoms with Crippen LogP contribution in [0.5, 0.6) is 0 Å². The number of allylic oxidation sites excluding steroid dienone is 2. The number of nitrogens with zero attached hydrogens (tertiary/aromatic N) is 2. The normalized spacial score (nSPS) is 26.1. The minimum atomic E-state index is -4.02. The van der Waals surface area contributed by atoms with Gasteiger partial charge < -0.3 is 4.74 Å². The Balaban J connectivity index is 1.50. The fourth-order valence-corrected chi connectivity index (χ4v) is 6.13. The Bertz CT molecular complexity index is 990. The van der Waals surface area contributed by atoms with Gasteiger partial charge in [0, 0.05) is 29.2 Å². The van der Waals surface area contributed by atoms with Crippen LogP contribution in [0.15, 0.2) is 46.4 Å². The zero-order valence-electron chi connectivity index (χ0n) is 15.3. The number of halogens is 3. The average molecular weight is 461 g/mol. The molecule has 1 amide bonds. The van der Waals surface area contributed by atoms with Crippen molar-refractivity contribution in [2.24, 2.45) is 5.92 Å². The first kappa shape index (κ1) is 20.7. The number of amides is 1. The van der Waals surface area contributed by atoms with Crippen LogP contribution in [0.2, 0.25) is 5.02 Å². The van der Waals surface area contributed by atoms with Crippen LogP contribution < -0.4 is 0 Å². The van der Waals surface area contributed by atoms with Gasteiger partial charge in [0.25, 0.3) is 0 Å². The summed E-state index contributed by atoms with van der Waals surface area (Å²) in [5, 5.41) is 0.780. The Labute approximate surface area is 178 Å². The Morgan fingerprint density at radius 1 is 1.17 bits per heavy atom. The third-order valence-corrected chi connectivity index (χ3v) is 8.13. The summed E-state index contributed by atoms with van der Waals surface area (Å²) in [7, 11) is -4.02. The number of ether oxygens (including phenoxy) is 1. The lowest BCUT2D eigenvalue weighted by molar-refractivity contribution is 0.00513. The number of rotatable bonds is 3. The molecule has 2 fully saturated rings. The number of carbonyl (C=O) groups is 1. The van der Waals surface area contributed by atoms with Crippen molar-refractivity contribution in [3.05, 3.63) is 52.3 Å². The number of fused-ring (bicyclic) bond motifs is 1. The number of piperidine rings is 1. The van der Waals surface area contributed by atoms with Gasteiger partial charge in [-0.3, -0.25) is 4.90 Å². The molecule has 2 unspecified atom stereocenters. The average Bonchev–Trinajstić information content (AvgIpc) is 2.70. The molecular weight excluding hydrogens is 442 g/mol. The molecule has 1 aliphatic carbocycles. The molecule has 156 valence electrons. The third kappa shape index (κ3) is 3.79. The molecule has 2 aliphatic heterocycles. The van der Waals surface area contributed by atoms with Gasteiger partial charge in [0.05, 0.1) is 12.0 Å². The van der Waals surface area contributed by atoms with Crippen molar-refractivity contribution in [2.45, 2.75) is 29.8 Å². The summed E-state index contributed by atoms with van der Waals surface area (Å²) in [4.78, 5) is 13.7. The largest absolute Gasteiger partial charge is 0.449 e. The second-order valence-electron chi connectivity index (χ2n) is 7.23. The first-order chi connectivity index (χ1) is 13.8. The van der Waals surface area contributed by atoms with Gasteiger partial charge in [-0.25, -0.2) is 17.6 Å². The van der Waals surface area contributed by atoms with E-state index in [-0.39, 0.29) is 42.7 Å². The predicted octanol–water partition coefficient (Wildman–Crippen LogP) is 3.76. The second kappa shape index (κ2) is 7.91. The maximum Gasteiger partial charge on any atom is 0.410 e. The maximum atomic E-state index is 14.1. The van der Waals surface area contributed by atoms with Crippen LogP contribution in [0.1, 0.15) is 12.8 Å². The van der Waals surface area contributed by atoms with E-state index in [1.807, 2.05) is 12.2 Å². The molecule has 2 saturated heterocycles. The molecule has 2 heterocycles. The van der Waals surface area contributed by atoms with Gasteiger partial charge >= 0.3 is 6.09 Å². The first-order valence-corrected chi connectivity index (χ1v) is 11.4. The van der Waals surface area contributed by atoms with E-state index in [0.29, 0.717) is 17.9 Å². The summed E-state index contributed by atoms with van der Waals surface area (Å²) >= 11 is 12.1. The van der Waals surface area contributed by atoms with Crippen LogP contribution in [0.4, 0.5) is 9.18 Å². The molecule has 0 spiro atoms. The molecule has 29 heavy (non-hydrogen) atoms. The highest BCUT2D eigenvalue weighted by Crippen LogP contribution is 2.35. The van der Waals surface area contributed by atoms with Gasteiger partial charge in [-0.1, -0.05) is 35.4 Å². The van der Waals surface area contributed by atoms with Crippen molar-refractivity contribution in [1.82, 2.24) is 9.21 Å². The van der Waals surface area contributed by atoms with Gasteiger partial charge in [0.1, 0.15) is 17.3 Å². The molecule has 6 nitrogen and oxygen atoms in total. The molecule has 0 N–H and O–H groups in total. The summed E-state index contributed by atoms with van der Waals surface area (Å²) in [6, 6.07) is 3.05. The molecule has 0 aromatic heterocycles. The number of sulfonamides is 1. The van der Waals surface area contributed by atoms with E-state index >= 15 is 0 Å². The summed E-state index contributed by atoms with van der Waals surface area (Å²) < 4.78 is 46.4. The molecule has 2 atom stereocenters. The monoisotopic (exact) mass is 460 g/mol. The summed E-state index contributed by atoms with van der Waals surface area (Å²) in [5.74, 6) is -0.963. The smallest absolute Gasteiger partial charge is 0.410 e. The zero-order chi connectivity index (χ0) is 20.8. The Morgan fingerprint density at radius 3 is 2.62 bits per heavy atom. The van der Waals surface area contributed by atoms with Gasteiger partial charge in [-0.2, -0.15) is 4.31 Å². The summed E-state index contributed by atoms with van der Waals surface area (Å²) in [6.45, 7) is 0.543. The van der Waals surface area contributed by atoms with Crippen molar-refractivity contribution in [3.63, 3.8) is 0 Å². The van der Waals surface area contributed by atoms with E-state index in [0.717, 1.165) is 12.1 Å². The van der Waals surface area contributed by atoms with Crippen LogP contribution >= 0.6 is 23.2 Å². The van der Waals surface area contributed by atoms with E-state index in [9.17, 15) is 17.6 Å². The van der Waals surface area contributed by atoms with Crippen LogP contribution in [0.3, 0.4) is 0 Å². The summed E-state index contributed by atoms with van der Waals surface area (Å²) in [6.07, 6.45) is 5.92. The quantitative estimate of drug-likeness (QED) is 0.688. The minimum Gasteiger partial charge on any atom is -0.449 e. The summed E-state index contributed by atoms with van der Waals surface area (Å²) in [5.41, 5.74) is 0. The van der Waals surface area contributed by atoms with Crippen molar-refractivity contribution >= 4 is 39.3 Å². The van der Waals surface area contributed by atoms with Crippen molar-refractivity contribution in [1.29, 1.82) is 0 Å². The lowest BCUT2D eigenvalue weighted by Crippen LogP contribution is -2.58. The van der Waals surface area contributed by atoms with Crippen molar-refractivity contribution in [3.8, 4) is 0 Å². The van der Waals surface area contributed by atoms with Crippen molar-refractivity contribution < 1.29 is 22.3 Å². The minimum absolute atomic E-state index is 0.123. The Morgan fingerprint density at radius 2 is 1.90 bits per heavy atom. The lowest BCUT2D eigenvalue weighted by atomic mass is 9.90. The highest BCUT2D eigenvalue weighted by Gasteiger charge is 2.43. The predicted molar refractivity (Wildman–Crippen MR) is 107 cm³/mol. The maximum absolute atomic E-state index is 14.1. The molecule has 3 aliphatic rings. The van der Waals surface area contributed by atoms with E-state index in [2.05, 4.69) is 0 Å². The van der Waals surface area contributed by atoms with E-state index in [1.165, 1.54) is 10.4 Å². The first-order valence-electron chi connectivity index (χ1n) is 9.23. The molecule has 0 radical (unpaired) electrons. The number of carbonyl (C=O) groups excluding carboxylic acids is 1. The standard InChI is InChI=1S/C19H19Cl2FN2O4S/c20-12-4-5-16(22)18(10-12)29(26,27)23-8-6-13(7-9-23)24-17-3-1-2-15(21)14(17)11-28-19(24)25/h1-5,10,13-14,17H,6-9,11H2. The Hall–Kier alpha value is -1.61. The van der Waals surface area contributed by atoms with Gasteiger partial charge in [0.2, 0.25) is 10.0 Å². The SMILES string of the molecule is O=C1OCC2C(Cl)=CC=CC2N1C1CCN(S(=O)(=O)c2cc(Cl)ccc2F)CC1. The van der Waals surface area contributed by atoms with E-state index in [1.54, 1.807) is 11.0 Å². The lowest BCUT2D eigenvalue weighted by Gasteiger charge is -2.46. The molecular formula is C19H19Cl2FN2O4S. The molecule has 1 aromatic carbocycles. The van der Waals surface area contributed by atoms with Crippen LogP contribution in [-0.4, -0.2) is 55.5 Å². The van der Waals surface area contributed by atoms with E-state index < -0.39 is 26.8 Å². The number of cyclic esters (lactones) is 1. The fourth-order valence-electron chi connectivity index (χ4n) is 4.07. The molecule has 1 aromatic rings. The molecule has 0 saturated carbocycles. The fraction of sp³-hybridized carbons (Fsp3) is 0.421. The van der Waals surface area contributed by atoms with Gasteiger partial charge in [-0.05, 0) is 37.1 Å². The van der Waals surface area contributed by atoms with Crippen LogP contribution in [0, 0.1) is 11.7 Å². The van der Waals surface area contributed by atoms with Crippen LogP contribution in [0.25, 0.3) is 0 Å². The topological polar surface area (TPSA) is 66.9 Å².